The van der Waals surface area contributed by atoms with Crippen molar-refractivity contribution < 1.29 is 5.11 Å². The Hall–Kier alpha value is -0.630. The van der Waals surface area contributed by atoms with Gasteiger partial charge in [-0.3, -0.25) is 0 Å². The maximum Gasteiger partial charge on any atom is 0.127 e. The van der Waals surface area contributed by atoms with Gasteiger partial charge in [0, 0.05) is 4.90 Å². The first-order valence-electron chi connectivity index (χ1n) is 5.72. The molecule has 0 fully saturated rings. The topological polar surface area (TPSA) is 20.2 Å². The highest BCUT2D eigenvalue weighted by atomic mass is 32.2. The molecular weight excluding hydrogens is 216 g/mol. The number of para-hydroxylation sites is 1. The lowest BCUT2D eigenvalue weighted by molar-refractivity contribution is 0.461. The van der Waals surface area contributed by atoms with Crippen LogP contribution in [-0.2, 0) is 0 Å². The van der Waals surface area contributed by atoms with E-state index in [4.69, 9.17) is 0 Å². The second-order valence-corrected chi connectivity index (χ2v) is 10.0. The Labute approximate surface area is 102 Å². The Morgan fingerprint density at radius 1 is 0.875 bits per heavy atom. The summed E-state index contributed by atoms with van der Waals surface area (Å²) in [6.45, 7) is 13.6. The van der Waals surface area contributed by atoms with Gasteiger partial charge in [0.1, 0.15) is 5.75 Å². The summed E-state index contributed by atoms with van der Waals surface area (Å²) in [4.78, 5) is 1.12. The van der Waals surface area contributed by atoms with Gasteiger partial charge in [0.2, 0.25) is 0 Å². The molecule has 0 saturated heterocycles. The van der Waals surface area contributed by atoms with Gasteiger partial charge in [0.25, 0.3) is 0 Å². The number of aromatic hydroxyl groups is 1. The summed E-state index contributed by atoms with van der Waals surface area (Å²) in [5.41, 5.74) is 0. The van der Waals surface area contributed by atoms with Gasteiger partial charge in [-0.2, -0.15) is 0 Å². The van der Waals surface area contributed by atoms with E-state index in [1.807, 2.05) is 12.1 Å². The SMILES string of the molecule is CC(C)(C)[SH](c1ccccc1O)C(C)(C)C. The van der Waals surface area contributed by atoms with Gasteiger partial charge in [0.05, 0.1) is 0 Å². The molecule has 1 rings (SSSR count). The fourth-order valence-corrected chi connectivity index (χ4v) is 6.38. The monoisotopic (exact) mass is 240 g/mol. The third-order valence-electron chi connectivity index (χ3n) is 2.46. The maximum absolute atomic E-state index is 10.0. The predicted octanol–water partition coefficient (Wildman–Crippen LogP) is 4.35. The molecule has 1 N–H and O–H groups in total. The van der Waals surface area contributed by atoms with Crippen LogP contribution in [0.25, 0.3) is 0 Å². The zero-order valence-electron chi connectivity index (χ0n) is 11.2. The zero-order valence-corrected chi connectivity index (χ0v) is 12.1. The summed E-state index contributed by atoms with van der Waals surface area (Å²) < 4.78 is 0.402. The largest absolute Gasteiger partial charge is 0.507 e. The summed E-state index contributed by atoms with van der Waals surface area (Å²) >= 11 is 0. The van der Waals surface area contributed by atoms with Crippen molar-refractivity contribution in [2.75, 3.05) is 0 Å². The number of phenolic OH excluding ortho intramolecular Hbond substituents is 1. The Morgan fingerprint density at radius 3 is 1.69 bits per heavy atom. The van der Waals surface area contributed by atoms with Crippen LogP contribution in [0.3, 0.4) is 0 Å². The van der Waals surface area contributed by atoms with E-state index in [1.54, 1.807) is 6.07 Å². The fraction of sp³-hybridized carbons (Fsp3) is 0.571. The van der Waals surface area contributed by atoms with Gasteiger partial charge >= 0.3 is 0 Å². The number of thiol groups is 1. The number of hydrogen-bond acceptors (Lipinski definition) is 1. The Morgan fingerprint density at radius 2 is 1.31 bits per heavy atom. The van der Waals surface area contributed by atoms with E-state index in [9.17, 15) is 5.11 Å². The lowest BCUT2D eigenvalue weighted by atomic mass is 10.2. The number of rotatable bonds is 1. The molecule has 0 saturated carbocycles. The van der Waals surface area contributed by atoms with Crippen molar-refractivity contribution in [3.8, 4) is 5.75 Å². The number of hydrogen-bond donors (Lipinski definition) is 2. The van der Waals surface area contributed by atoms with Gasteiger partial charge in [0.15, 0.2) is 0 Å². The Kier molecular flexibility index (Phi) is 3.63. The van der Waals surface area contributed by atoms with E-state index < -0.39 is 10.9 Å². The standard InChI is InChI=1S/C14H24OS/c1-13(2,3)16(14(4,5)6)12-10-8-7-9-11(12)15/h7-10,15-16H,1-6H3. The lowest BCUT2D eigenvalue weighted by Gasteiger charge is -2.45. The second kappa shape index (κ2) is 4.33. The minimum atomic E-state index is -0.409. The van der Waals surface area contributed by atoms with Crippen LogP contribution in [0.2, 0.25) is 0 Å². The van der Waals surface area contributed by atoms with Crippen LogP contribution in [0.15, 0.2) is 29.2 Å². The normalized spacial score (nSPS) is 13.8. The molecule has 0 spiro atoms. The molecule has 0 aliphatic carbocycles. The van der Waals surface area contributed by atoms with Crippen molar-refractivity contribution >= 4 is 10.9 Å². The van der Waals surface area contributed by atoms with Gasteiger partial charge in [-0.1, -0.05) is 53.7 Å². The highest BCUT2D eigenvalue weighted by Crippen LogP contribution is 2.59. The van der Waals surface area contributed by atoms with Crippen LogP contribution in [0.1, 0.15) is 41.5 Å². The molecule has 0 bridgehead atoms. The number of benzene rings is 1. The molecule has 1 aromatic rings. The third kappa shape index (κ3) is 2.94. The molecule has 0 amide bonds. The van der Waals surface area contributed by atoms with E-state index in [2.05, 4.69) is 47.6 Å². The molecule has 0 heterocycles. The van der Waals surface area contributed by atoms with Crippen molar-refractivity contribution in [2.24, 2.45) is 0 Å². The van der Waals surface area contributed by atoms with Crippen molar-refractivity contribution in [3.05, 3.63) is 24.3 Å². The average Bonchev–Trinajstić information content (AvgIpc) is 2.03. The van der Waals surface area contributed by atoms with Gasteiger partial charge in [-0.15, -0.1) is 0 Å². The minimum Gasteiger partial charge on any atom is -0.507 e. The Bertz CT molecular complexity index is 344. The molecule has 0 aliphatic rings. The summed E-state index contributed by atoms with van der Waals surface area (Å²) in [6.07, 6.45) is 0. The van der Waals surface area contributed by atoms with Crippen molar-refractivity contribution in [1.29, 1.82) is 0 Å². The van der Waals surface area contributed by atoms with Crippen LogP contribution < -0.4 is 0 Å². The lowest BCUT2D eigenvalue weighted by Crippen LogP contribution is -2.28. The minimum absolute atomic E-state index is 0.201. The van der Waals surface area contributed by atoms with E-state index in [0.717, 1.165) is 4.90 Å². The van der Waals surface area contributed by atoms with E-state index in [1.165, 1.54) is 0 Å². The van der Waals surface area contributed by atoms with E-state index >= 15 is 0 Å². The van der Waals surface area contributed by atoms with Crippen LogP contribution in [0.5, 0.6) is 5.75 Å². The average molecular weight is 240 g/mol. The van der Waals surface area contributed by atoms with Crippen LogP contribution >= 0.6 is 10.9 Å². The summed E-state index contributed by atoms with van der Waals surface area (Å²) in [5.74, 6) is 0.443. The molecule has 2 heteroatoms. The Balaban J connectivity index is 3.29. The van der Waals surface area contributed by atoms with Gasteiger partial charge in [-0.25, -0.2) is 10.9 Å². The molecule has 0 aromatic heterocycles. The quantitative estimate of drug-likeness (QED) is 0.699. The molecule has 0 aliphatic heterocycles. The highest BCUT2D eigenvalue weighted by Gasteiger charge is 2.33. The molecule has 0 radical (unpaired) electrons. The summed E-state index contributed by atoms with van der Waals surface area (Å²) in [7, 11) is -0.409. The fourth-order valence-electron chi connectivity index (χ4n) is 2.38. The van der Waals surface area contributed by atoms with Crippen molar-refractivity contribution in [2.45, 2.75) is 55.9 Å². The van der Waals surface area contributed by atoms with Crippen molar-refractivity contribution in [1.82, 2.24) is 0 Å². The molecule has 16 heavy (non-hydrogen) atoms. The zero-order chi connectivity index (χ0) is 12.6. The molecular formula is C14H24OS. The molecule has 92 valence electrons. The maximum atomic E-state index is 10.0. The highest BCUT2D eigenvalue weighted by molar-refractivity contribution is 8.19. The molecule has 1 nitrogen and oxygen atoms in total. The van der Waals surface area contributed by atoms with Gasteiger partial charge in [-0.05, 0) is 21.6 Å². The van der Waals surface area contributed by atoms with Crippen molar-refractivity contribution in [3.63, 3.8) is 0 Å². The summed E-state index contributed by atoms with van der Waals surface area (Å²) in [5, 5.41) is 10.0. The molecule has 0 atom stereocenters. The first-order chi connectivity index (χ1) is 7.14. The molecule has 0 unspecified atom stereocenters. The summed E-state index contributed by atoms with van der Waals surface area (Å²) in [6, 6.07) is 7.76. The smallest absolute Gasteiger partial charge is 0.127 e. The van der Waals surface area contributed by atoms with Crippen LogP contribution in [-0.4, -0.2) is 14.6 Å². The molecule has 1 aromatic carbocycles. The van der Waals surface area contributed by atoms with E-state index in [0.29, 0.717) is 5.75 Å². The second-order valence-electron chi connectivity index (χ2n) is 6.17. The first-order valence-corrected chi connectivity index (χ1v) is 7.06. The first kappa shape index (κ1) is 13.4. The van der Waals surface area contributed by atoms with Crippen LogP contribution in [0, 0.1) is 0 Å². The van der Waals surface area contributed by atoms with Crippen LogP contribution in [0.4, 0.5) is 0 Å². The van der Waals surface area contributed by atoms with Gasteiger partial charge < -0.3 is 5.11 Å². The number of phenols is 1. The van der Waals surface area contributed by atoms with E-state index in [-0.39, 0.29) is 9.49 Å². The third-order valence-corrected chi connectivity index (χ3v) is 6.01. The predicted molar refractivity (Wildman–Crippen MR) is 74.9 cm³/mol.